The summed E-state index contributed by atoms with van der Waals surface area (Å²) in [7, 11) is 0. The first-order valence-corrected chi connectivity index (χ1v) is 9.05. The Labute approximate surface area is 147 Å². The SMILES string of the molecule is O=C1[C@H]2[C@H](C(=O)N1/N=C\c1ccc(I)cc1)[C@H]1C=C[C@H]2C12CC2. The minimum absolute atomic E-state index is 0.107. The largest absolute Gasteiger partial charge is 0.272 e. The highest BCUT2D eigenvalue weighted by atomic mass is 127. The molecule has 4 nitrogen and oxygen atoms in total. The van der Waals surface area contributed by atoms with Crippen LogP contribution in [-0.2, 0) is 9.59 Å². The van der Waals surface area contributed by atoms with E-state index in [0.717, 1.165) is 27.0 Å². The molecule has 3 aliphatic carbocycles. The monoisotopic (exact) mass is 418 g/mol. The van der Waals surface area contributed by atoms with Crippen LogP contribution in [0, 0.1) is 32.7 Å². The molecule has 116 valence electrons. The van der Waals surface area contributed by atoms with Crippen molar-refractivity contribution in [3.05, 3.63) is 45.6 Å². The van der Waals surface area contributed by atoms with E-state index in [1.165, 1.54) is 0 Å². The highest BCUT2D eigenvalue weighted by Crippen LogP contribution is 2.73. The Morgan fingerprint density at radius 1 is 1.04 bits per heavy atom. The third-order valence-corrected chi connectivity index (χ3v) is 6.74. The first kappa shape index (κ1) is 13.9. The fraction of sp³-hybridized carbons (Fsp3) is 0.389. The van der Waals surface area contributed by atoms with Gasteiger partial charge in [0.2, 0.25) is 0 Å². The lowest BCUT2D eigenvalue weighted by molar-refractivity contribution is -0.141. The minimum Gasteiger partial charge on any atom is -0.272 e. The molecular weight excluding hydrogens is 403 g/mol. The van der Waals surface area contributed by atoms with E-state index >= 15 is 0 Å². The maximum atomic E-state index is 12.7. The van der Waals surface area contributed by atoms with Crippen molar-refractivity contribution in [2.45, 2.75) is 12.8 Å². The summed E-state index contributed by atoms with van der Waals surface area (Å²) in [4.78, 5) is 25.5. The summed E-state index contributed by atoms with van der Waals surface area (Å²) in [6, 6.07) is 7.82. The van der Waals surface area contributed by atoms with Gasteiger partial charge in [0.25, 0.3) is 11.8 Å². The number of carbonyl (C=O) groups excluding carboxylic acids is 2. The van der Waals surface area contributed by atoms with E-state index in [1.807, 2.05) is 24.3 Å². The Balaban J connectivity index is 1.43. The van der Waals surface area contributed by atoms with Crippen molar-refractivity contribution in [1.82, 2.24) is 5.01 Å². The second kappa shape index (κ2) is 4.53. The van der Waals surface area contributed by atoms with Crippen molar-refractivity contribution in [3.63, 3.8) is 0 Å². The van der Waals surface area contributed by atoms with Gasteiger partial charge < -0.3 is 0 Å². The van der Waals surface area contributed by atoms with Crippen molar-refractivity contribution in [3.8, 4) is 0 Å². The number of benzene rings is 1. The molecule has 5 heteroatoms. The second-order valence-corrected chi connectivity index (χ2v) is 8.25. The number of allylic oxidation sites excluding steroid dienone is 2. The molecule has 1 heterocycles. The summed E-state index contributed by atoms with van der Waals surface area (Å²) in [5.74, 6) is -0.0441. The molecule has 1 saturated heterocycles. The molecule has 0 unspecified atom stereocenters. The molecule has 1 spiro atoms. The molecule has 1 aliphatic heterocycles. The van der Waals surface area contributed by atoms with Gasteiger partial charge in [0.1, 0.15) is 0 Å². The molecule has 4 atom stereocenters. The van der Waals surface area contributed by atoms with Gasteiger partial charge >= 0.3 is 0 Å². The van der Waals surface area contributed by atoms with Gasteiger partial charge in [-0.25, -0.2) is 0 Å². The normalized spacial score (nSPS) is 35.8. The average molecular weight is 418 g/mol. The van der Waals surface area contributed by atoms with Crippen LogP contribution in [0.3, 0.4) is 0 Å². The summed E-state index contributed by atoms with van der Waals surface area (Å²) in [5.41, 5.74) is 1.13. The number of rotatable bonds is 2. The van der Waals surface area contributed by atoms with Gasteiger partial charge in [-0.2, -0.15) is 10.1 Å². The van der Waals surface area contributed by atoms with E-state index < -0.39 is 0 Å². The van der Waals surface area contributed by atoms with Gasteiger partial charge in [0.05, 0.1) is 18.1 Å². The van der Waals surface area contributed by atoms with Gasteiger partial charge in [0.15, 0.2) is 0 Å². The summed E-state index contributed by atoms with van der Waals surface area (Å²) in [6.07, 6.45) is 8.28. The van der Waals surface area contributed by atoms with Crippen LogP contribution in [0.1, 0.15) is 18.4 Å². The third kappa shape index (κ3) is 1.74. The average Bonchev–Trinajstić information content (AvgIpc) is 3.15. The number of amides is 2. The molecule has 2 bridgehead atoms. The first-order chi connectivity index (χ1) is 11.1. The Morgan fingerprint density at radius 2 is 1.61 bits per heavy atom. The summed E-state index contributed by atoms with van der Waals surface area (Å²) >= 11 is 2.24. The van der Waals surface area contributed by atoms with Crippen molar-refractivity contribution in [2.75, 3.05) is 0 Å². The summed E-state index contributed by atoms with van der Waals surface area (Å²) in [6.45, 7) is 0. The zero-order valence-electron chi connectivity index (χ0n) is 12.4. The zero-order valence-corrected chi connectivity index (χ0v) is 14.5. The summed E-state index contributed by atoms with van der Waals surface area (Å²) < 4.78 is 1.14. The van der Waals surface area contributed by atoms with E-state index in [1.54, 1.807) is 6.21 Å². The fourth-order valence-corrected chi connectivity index (χ4v) is 5.21. The Kier molecular flexibility index (Phi) is 2.73. The number of hydrazone groups is 1. The molecule has 0 aromatic heterocycles. The van der Waals surface area contributed by atoms with Crippen LogP contribution in [0.4, 0.5) is 0 Å². The molecule has 2 amide bonds. The van der Waals surface area contributed by atoms with Gasteiger partial charge in [-0.05, 0) is 70.4 Å². The molecule has 0 N–H and O–H groups in total. The molecule has 0 radical (unpaired) electrons. The van der Waals surface area contributed by atoms with Gasteiger partial charge in [-0.1, -0.05) is 24.3 Å². The predicted molar refractivity (Wildman–Crippen MR) is 93.4 cm³/mol. The van der Waals surface area contributed by atoms with Crippen LogP contribution >= 0.6 is 22.6 Å². The lowest BCUT2D eigenvalue weighted by atomic mass is 9.85. The smallest absolute Gasteiger partial charge is 0.254 e. The molecule has 23 heavy (non-hydrogen) atoms. The van der Waals surface area contributed by atoms with Crippen molar-refractivity contribution in [1.29, 1.82) is 0 Å². The third-order valence-electron chi connectivity index (χ3n) is 6.02. The number of hydrogen-bond acceptors (Lipinski definition) is 3. The Morgan fingerprint density at radius 3 is 2.13 bits per heavy atom. The van der Waals surface area contributed by atoms with Crippen LogP contribution in [0.5, 0.6) is 0 Å². The quantitative estimate of drug-likeness (QED) is 0.321. The first-order valence-electron chi connectivity index (χ1n) is 7.97. The van der Waals surface area contributed by atoms with Gasteiger partial charge in [-0.15, -0.1) is 0 Å². The van der Waals surface area contributed by atoms with Crippen LogP contribution in [0.25, 0.3) is 0 Å². The van der Waals surface area contributed by atoms with Crippen LogP contribution in [0.15, 0.2) is 41.5 Å². The lowest BCUT2D eigenvalue weighted by Crippen LogP contribution is -2.30. The van der Waals surface area contributed by atoms with Crippen LogP contribution < -0.4 is 0 Å². The maximum Gasteiger partial charge on any atom is 0.254 e. The summed E-state index contributed by atoms with van der Waals surface area (Å²) in [5, 5.41) is 5.33. The second-order valence-electron chi connectivity index (χ2n) is 7.01. The number of imide groups is 1. The number of carbonyl (C=O) groups is 2. The molecule has 1 aromatic rings. The van der Waals surface area contributed by atoms with Gasteiger partial charge in [0, 0.05) is 3.57 Å². The van der Waals surface area contributed by atoms with Crippen molar-refractivity contribution in [2.24, 2.45) is 34.2 Å². The molecule has 1 aromatic carbocycles. The highest BCUT2D eigenvalue weighted by Gasteiger charge is 2.73. The Bertz CT molecular complexity index is 745. The van der Waals surface area contributed by atoms with E-state index in [-0.39, 0.29) is 40.9 Å². The molecule has 5 rings (SSSR count). The minimum atomic E-state index is -0.172. The van der Waals surface area contributed by atoms with E-state index in [9.17, 15) is 9.59 Å². The van der Waals surface area contributed by atoms with E-state index in [0.29, 0.717) is 0 Å². The molecule has 2 saturated carbocycles. The molecular formula is C18H15IN2O2. The van der Waals surface area contributed by atoms with Crippen LogP contribution in [-0.4, -0.2) is 23.0 Å². The number of nitrogens with zero attached hydrogens (tertiary/aromatic N) is 2. The molecule has 3 fully saturated rings. The van der Waals surface area contributed by atoms with E-state index in [2.05, 4.69) is 39.8 Å². The topological polar surface area (TPSA) is 49.7 Å². The van der Waals surface area contributed by atoms with Gasteiger partial charge in [-0.3, -0.25) is 9.59 Å². The predicted octanol–water partition coefficient (Wildman–Crippen LogP) is 2.82. The number of hydrogen-bond donors (Lipinski definition) is 0. The van der Waals surface area contributed by atoms with Crippen LogP contribution in [0.2, 0.25) is 0 Å². The standard InChI is InChI=1S/C18H15IN2O2/c19-11-3-1-10(2-4-11)9-20-21-16(22)14-12-5-6-13(15(14)17(21)23)18(12)7-8-18/h1-6,9,12-15H,7-8H2/b20-9-/t12-,13-,14-,15-/m1/s1. The van der Waals surface area contributed by atoms with Crippen molar-refractivity contribution < 1.29 is 9.59 Å². The Hall–Kier alpha value is -1.50. The van der Waals surface area contributed by atoms with E-state index in [4.69, 9.17) is 0 Å². The zero-order chi connectivity index (χ0) is 15.8. The number of fused-ring (bicyclic) bond motifs is 3. The fourth-order valence-electron chi connectivity index (χ4n) is 4.85. The van der Waals surface area contributed by atoms with Crippen molar-refractivity contribution >= 4 is 40.6 Å². The maximum absolute atomic E-state index is 12.7. The lowest BCUT2D eigenvalue weighted by Gasteiger charge is -2.18. The number of halogens is 1. The highest BCUT2D eigenvalue weighted by molar-refractivity contribution is 14.1. The molecule has 4 aliphatic rings.